The molecule has 1 aromatic carbocycles. The molecule has 0 saturated carbocycles. The highest BCUT2D eigenvalue weighted by atomic mass is 15.4. The van der Waals surface area contributed by atoms with E-state index in [-0.39, 0.29) is 0 Å². The van der Waals surface area contributed by atoms with Crippen LogP contribution in [0, 0.1) is 0 Å². The summed E-state index contributed by atoms with van der Waals surface area (Å²) < 4.78 is 1.85. The normalized spacial score (nSPS) is 18.0. The average Bonchev–Trinajstić information content (AvgIpc) is 3.30. The number of hydrogen-bond acceptors (Lipinski definition) is 5. The second-order valence-corrected chi connectivity index (χ2v) is 6.30. The smallest absolute Gasteiger partial charge is 0.254 e. The molecule has 1 aliphatic rings. The van der Waals surface area contributed by atoms with E-state index in [1.165, 1.54) is 6.42 Å². The Morgan fingerprint density at radius 3 is 2.88 bits per heavy atom. The maximum Gasteiger partial charge on any atom is 0.254 e. The molecular weight excluding hydrogens is 300 g/mol. The third kappa shape index (κ3) is 2.63. The van der Waals surface area contributed by atoms with Crippen molar-refractivity contribution in [3.05, 3.63) is 42.7 Å². The maximum atomic E-state index is 4.66. The van der Waals surface area contributed by atoms with Crippen LogP contribution in [-0.4, -0.2) is 57.2 Å². The Balaban J connectivity index is 1.74. The molecule has 4 rings (SSSR count). The fraction of sp³-hybridized carbons (Fsp3) is 0.389. The van der Waals surface area contributed by atoms with Crippen LogP contribution in [0.15, 0.2) is 42.7 Å². The van der Waals surface area contributed by atoms with Gasteiger partial charge in [-0.15, -0.1) is 0 Å². The number of rotatable bonds is 4. The highest BCUT2D eigenvalue weighted by molar-refractivity contribution is 5.65. The number of likely N-dealkylation sites (N-methyl/N-ethyl adjacent to an activating group) is 1. The van der Waals surface area contributed by atoms with E-state index in [0.717, 1.165) is 36.7 Å². The SMILES string of the molecule is CCN(C)C1CCN(c2cc(-c3ccccc3)nc3ncnn23)C1. The third-order valence-corrected chi connectivity index (χ3v) is 4.91. The van der Waals surface area contributed by atoms with Gasteiger partial charge in [0.1, 0.15) is 12.1 Å². The quantitative estimate of drug-likeness (QED) is 0.738. The Kier molecular flexibility index (Phi) is 3.90. The van der Waals surface area contributed by atoms with Gasteiger partial charge in [-0.05, 0) is 20.0 Å². The van der Waals surface area contributed by atoms with Crippen molar-refractivity contribution in [2.75, 3.05) is 31.6 Å². The second-order valence-electron chi connectivity index (χ2n) is 6.30. The third-order valence-electron chi connectivity index (χ3n) is 4.91. The Morgan fingerprint density at radius 1 is 1.25 bits per heavy atom. The molecule has 0 amide bonds. The summed E-state index contributed by atoms with van der Waals surface area (Å²) in [4.78, 5) is 13.8. The zero-order valence-corrected chi connectivity index (χ0v) is 14.1. The summed E-state index contributed by atoms with van der Waals surface area (Å²) in [6, 6.07) is 13.0. The summed E-state index contributed by atoms with van der Waals surface area (Å²) in [5, 5.41) is 4.38. The van der Waals surface area contributed by atoms with Gasteiger partial charge >= 0.3 is 0 Å². The Bertz CT molecular complexity index is 828. The minimum absolute atomic E-state index is 0.585. The Hall–Kier alpha value is -2.47. The number of benzene rings is 1. The zero-order valence-electron chi connectivity index (χ0n) is 14.1. The van der Waals surface area contributed by atoms with Gasteiger partial charge in [-0.1, -0.05) is 37.3 Å². The molecule has 1 aliphatic heterocycles. The van der Waals surface area contributed by atoms with Crippen LogP contribution in [0.1, 0.15) is 13.3 Å². The van der Waals surface area contributed by atoms with E-state index in [1.54, 1.807) is 6.33 Å². The first-order valence-electron chi connectivity index (χ1n) is 8.47. The van der Waals surface area contributed by atoms with Gasteiger partial charge in [0.2, 0.25) is 0 Å². The standard InChI is InChI=1S/C18H22N6/c1-3-22(2)15-9-10-23(12-15)17-11-16(14-7-5-4-6-8-14)21-18-19-13-20-24(17)18/h4-8,11,13,15H,3,9-10,12H2,1-2H3. The lowest BCUT2D eigenvalue weighted by molar-refractivity contribution is 0.272. The van der Waals surface area contributed by atoms with Gasteiger partial charge in [0.25, 0.3) is 5.78 Å². The van der Waals surface area contributed by atoms with Crippen LogP contribution in [0.25, 0.3) is 17.0 Å². The van der Waals surface area contributed by atoms with E-state index >= 15 is 0 Å². The first-order valence-corrected chi connectivity index (χ1v) is 8.47. The molecule has 1 fully saturated rings. The average molecular weight is 322 g/mol. The number of aromatic nitrogens is 4. The summed E-state index contributed by atoms with van der Waals surface area (Å²) in [6.07, 6.45) is 2.75. The summed E-state index contributed by atoms with van der Waals surface area (Å²) in [5.74, 6) is 1.72. The van der Waals surface area contributed by atoms with Crippen LogP contribution in [0.3, 0.4) is 0 Å². The zero-order chi connectivity index (χ0) is 16.5. The molecule has 0 N–H and O–H groups in total. The van der Waals surface area contributed by atoms with Gasteiger partial charge in [-0.25, -0.2) is 4.98 Å². The van der Waals surface area contributed by atoms with E-state index in [1.807, 2.05) is 22.7 Å². The molecule has 3 aromatic rings. The van der Waals surface area contributed by atoms with Crippen LogP contribution < -0.4 is 4.90 Å². The molecule has 3 heterocycles. The minimum Gasteiger partial charge on any atom is -0.355 e. The molecule has 0 bridgehead atoms. The Morgan fingerprint density at radius 2 is 2.08 bits per heavy atom. The van der Waals surface area contributed by atoms with Crippen LogP contribution >= 0.6 is 0 Å². The molecule has 1 saturated heterocycles. The van der Waals surface area contributed by atoms with Crippen LogP contribution in [-0.2, 0) is 0 Å². The molecule has 0 aliphatic carbocycles. The lowest BCUT2D eigenvalue weighted by Gasteiger charge is -2.24. The van der Waals surface area contributed by atoms with Crippen molar-refractivity contribution in [2.24, 2.45) is 0 Å². The molecule has 2 aromatic heterocycles. The van der Waals surface area contributed by atoms with Gasteiger partial charge in [0.05, 0.1) is 5.69 Å². The predicted molar refractivity (Wildman–Crippen MR) is 95.1 cm³/mol. The van der Waals surface area contributed by atoms with E-state index in [9.17, 15) is 0 Å². The van der Waals surface area contributed by atoms with Gasteiger partial charge in [-0.3, -0.25) is 0 Å². The topological polar surface area (TPSA) is 49.6 Å². The second kappa shape index (κ2) is 6.20. The number of hydrogen-bond donors (Lipinski definition) is 0. The van der Waals surface area contributed by atoms with Crippen molar-refractivity contribution >= 4 is 11.6 Å². The summed E-state index contributed by atoms with van der Waals surface area (Å²) >= 11 is 0. The van der Waals surface area contributed by atoms with Crippen molar-refractivity contribution in [1.82, 2.24) is 24.5 Å². The first kappa shape index (κ1) is 15.1. The number of fused-ring (bicyclic) bond motifs is 1. The Labute approximate surface area is 141 Å². The van der Waals surface area contributed by atoms with Crippen molar-refractivity contribution in [3.8, 4) is 11.3 Å². The first-order chi connectivity index (χ1) is 11.8. The van der Waals surface area contributed by atoms with Gasteiger partial charge in [0, 0.05) is 30.8 Å². The lowest BCUT2D eigenvalue weighted by atomic mass is 10.1. The summed E-state index contributed by atoms with van der Waals surface area (Å²) in [6.45, 7) is 5.32. The minimum atomic E-state index is 0.585. The largest absolute Gasteiger partial charge is 0.355 e. The predicted octanol–water partition coefficient (Wildman–Crippen LogP) is 2.32. The highest BCUT2D eigenvalue weighted by Crippen LogP contribution is 2.27. The molecule has 6 heteroatoms. The molecule has 24 heavy (non-hydrogen) atoms. The summed E-state index contributed by atoms with van der Waals surface area (Å²) in [7, 11) is 2.20. The molecular formula is C18H22N6. The molecule has 124 valence electrons. The number of nitrogens with zero attached hydrogens (tertiary/aromatic N) is 6. The number of anilines is 1. The molecule has 1 atom stereocenters. The van der Waals surface area contributed by atoms with Gasteiger partial charge in [0.15, 0.2) is 0 Å². The highest BCUT2D eigenvalue weighted by Gasteiger charge is 2.27. The molecule has 1 unspecified atom stereocenters. The summed E-state index contributed by atoms with van der Waals surface area (Å²) in [5.41, 5.74) is 2.05. The lowest BCUT2D eigenvalue weighted by Crippen LogP contribution is -2.34. The van der Waals surface area contributed by atoms with E-state index in [4.69, 9.17) is 0 Å². The van der Waals surface area contributed by atoms with Crippen LogP contribution in [0.2, 0.25) is 0 Å². The monoisotopic (exact) mass is 322 g/mol. The van der Waals surface area contributed by atoms with E-state index < -0.39 is 0 Å². The van der Waals surface area contributed by atoms with E-state index in [2.05, 4.69) is 57.0 Å². The van der Waals surface area contributed by atoms with Crippen LogP contribution in [0.5, 0.6) is 0 Å². The van der Waals surface area contributed by atoms with Crippen LogP contribution in [0.4, 0.5) is 5.82 Å². The molecule has 0 radical (unpaired) electrons. The molecule has 6 nitrogen and oxygen atoms in total. The fourth-order valence-electron chi connectivity index (χ4n) is 3.35. The van der Waals surface area contributed by atoms with Crippen molar-refractivity contribution in [2.45, 2.75) is 19.4 Å². The maximum absolute atomic E-state index is 4.66. The van der Waals surface area contributed by atoms with Gasteiger partial charge in [-0.2, -0.15) is 14.6 Å². The van der Waals surface area contributed by atoms with E-state index in [0.29, 0.717) is 11.8 Å². The van der Waals surface area contributed by atoms with Crippen molar-refractivity contribution in [1.29, 1.82) is 0 Å². The van der Waals surface area contributed by atoms with Crippen molar-refractivity contribution < 1.29 is 0 Å². The van der Waals surface area contributed by atoms with Crippen molar-refractivity contribution in [3.63, 3.8) is 0 Å². The molecule has 0 spiro atoms. The fourth-order valence-corrected chi connectivity index (χ4v) is 3.35. The van der Waals surface area contributed by atoms with Gasteiger partial charge < -0.3 is 9.80 Å².